The molecular weight excluding hydrogens is 292 g/mol. The van der Waals surface area contributed by atoms with Gasteiger partial charge in [0.2, 0.25) is 5.91 Å². The Bertz CT molecular complexity index is 883. The molecule has 2 aromatic heterocycles. The average molecular weight is 308 g/mol. The molecule has 0 radical (unpaired) electrons. The molecule has 0 unspecified atom stereocenters. The molecule has 0 aliphatic rings. The van der Waals surface area contributed by atoms with E-state index in [4.69, 9.17) is 0 Å². The number of benzene rings is 1. The summed E-state index contributed by atoms with van der Waals surface area (Å²) in [5, 5.41) is 7.82. The van der Waals surface area contributed by atoms with Crippen LogP contribution in [-0.2, 0) is 11.3 Å². The lowest BCUT2D eigenvalue weighted by atomic mass is 10.2. The van der Waals surface area contributed by atoms with Gasteiger partial charge in [-0.2, -0.15) is 5.10 Å². The molecule has 0 spiro atoms. The molecule has 3 aromatic rings. The summed E-state index contributed by atoms with van der Waals surface area (Å²) in [7, 11) is 0. The number of aromatic nitrogens is 3. The highest BCUT2D eigenvalue weighted by Crippen LogP contribution is 2.20. The predicted octanol–water partition coefficient (Wildman–Crippen LogP) is 2.21. The van der Waals surface area contributed by atoms with Crippen LogP contribution in [0.4, 0.5) is 5.69 Å². The number of hydrogen-bond acceptors (Lipinski definition) is 4. The molecule has 6 nitrogen and oxygen atoms in total. The van der Waals surface area contributed by atoms with Gasteiger partial charge >= 0.3 is 0 Å². The average Bonchev–Trinajstić information content (AvgIpc) is 2.57. The lowest BCUT2D eigenvalue weighted by molar-refractivity contribution is -0.116. The molecule has 23 heavy (non-hydrogen) atoms. The van der Waals surface area contributed by atoms with Crippen LogP contribution in [0, 0.1) is 0 Å². The van der Waals surface area contributed by atoms with Crippen LogP contribution >= 0.6 is 0 Å². The molecule has 1 amide bonds. The lowest BCUT2D eigenvalue weighted by Crippen LogP contribution is -2.22. The van der Waals surface area contributed by atoms with Crippen LogP contribution in [-0.4, -0.2) is 20.7 Å². The Morgan fingerprint density at radius 2 is 1.91 bits per heavy atom. The second-order valence-corrected chi connectivity index (χ2v) is 5.12. The Morgan fingerprint density at radius 3 is 2.78 bits per heavy atom. The summed E-state index contributed by atoms with van der Waals surface area (Å²) < 4.78 is 1.35. The summed E-state index contributed by atoms with van der Waals surface area (Å²) in [5.41, 5.74) is 1.30. The van der Waals surface area contributed by atoms with Gasteiger partial charge in [0, 0.05) is 36.8 Å². The van der Waals surface area contributed by atoms with Gasteiger partial charge < -0.3 is 5.32 Å². The number of nitrogens with zero attached hydrogens (tertiary/aromatic N) is 3. The Kier molecular flexibility index (Phi) is 4.42. The van der Waals surface area contributed by atoms with Gasteiger partial charge in [-0.25, -0.2) is 4.68 Å². The van der Waals surface area contributed by atoms with Crippen molar-refractivity contribution >= 4 is 22.5 Å². The zero-order chi connectivity index (χ0) is 16.1. The lowest BCUT2D eigenvalue weighted by Gasteiger charge is -2.08. The van der Waals surface area contributed by atoms with E-state index in [-0.39, 0.29) is 11.5 Å². The molecule has 0 atom stereocenters. The van der Waals surface area contributed by atoms with Crippen molar-refractivity contribution in [3.63, 3.8) is 0 Å². The summed E-state index contributed by atoms with van der Waals surface area (Å²) in [5.74, 6) is -0.105. The topological polar surface area (TPSA) is 76.9 Å². The number of carbonyl (C=O) groups excluding carboxylic acids is 1. The predicted molar refractivity (Wildman–Crippen MR) is 88.1 cm³/mol. The molecule has 1 aromatic carbocycles. The van der Waals surface area contributed by atoms with Crippen molar-refractivity contribution in [1.82, 2.24) is 14.8 Å². The number of aryl methyl sites for hydroxylation is 1. The second-order valence-electron chi connectivity index (χ2n) is 5.12. The molecule has 1 N–H and O–H groups in total. The number of hydrogen-bond donors (Lipinski definition) is 1. The van der Waals surface area contributed by atoms with Gasteiger partial charge in [0.1, 0.15) is 0 Å². The van der Waals surface area contributed by atoms with E-state index in [1.807, 2.05) is 30.3 Å². The fraction of sp³-hybridized carbons (Fsp3) is 0.176. The summed E-state index contributed by atoms with van der Waals surface area (Å²) >= 11 is 0. The Labute approximate surface area is 132 Å². The Hall–Kier alpha value is -3.02. The maximum atomic E-state index is 12.1. The van der Waals surface area contributed by atoms with Crippen LogP contribution in [0.2, 0.25) is 0 Å². The fourth-order valence-electron chi connectivity index (χ4n) is 2.36. The van der Waals surface area contributed by atoms with Crippen LogP contribution in [0.5, 0.6) is 0 Å². The van der Waals surface area contributed by atoms with E-state index < -0.39 is 0 Å². The standard InChI is InChI=1S/C17H16N4O2/c22-15(8-4-12-21-16(23)9-3-11-19-21)20-14-7-1-5-13-6-2-10-18-17(13)14/h1-3,5-7,9-11H,4,8,12H2,(H,20,22). The summed E-state index contributed by atoms with van der Waals surface area (Å²) in [4.78, 5) is 27.9. The number of pyridine rings is 1. The number of amides is 1. The number of carbonyl (C=O) groups is 1. The van der Waals surface area contributed by atoms with Crippen molar-refractivity contribution in [3.05, 3.63) is 65.2 Å². The normalized spacial score (nSPS) is 10.6. The maximum Gasteiger partial charge on any atom is 0.266 e. The molecule has 6 heteroatoms. The van der Waals surface area contributed by atoms with Gasteiger partial charge in [0.05, 0.1) is 11.2 Å². The van der Waals surface area contributed by atoms with E-state index in [0.717, 1.165) is 10.9 Å². The summed E-state index contributed by atoms with van der Waals surface area (Å²) in [6.07, 6.45) is 4.11. The maximum absolute atomic E-state index is 12.1. The molecule has 0 bridgehead atoms. The molecule has 0 saturated heterocycles. The zero-order valence-electron chi connectivity index (χ0n) is 12.5. The smallest absolute Gasteiger partial charge is 0.266 e. The number of fused-ring (bicyclic) bond motifs is 1. The second kappa shape index (κ2) is 6.83. The van der Waals surface area contributed by atoms with E-state index in [1.54, 1.807) is 18.5 Å². The minimum absolute atomic E-state index is 0.105. The van der Waals surface area contributed by atoms with Crippen LogP contribution in [0.3, 0.4) is 0 Å². The Balaban J connectivity index is 1.61. The minimum atomic E-state index is -0.161. The van der Waals surface area contributed by atoms with Crippen LogP contribution in [0.25, 0.3) is 10.9 Å². The SMILES string of the molecule is O=C(CCCn1ncccc1=O)Nc1cccc2cccnc12. The Morgan fingerprint density at radius 1 is 1.09 bits per heavy atom. The van der Waals surface area contributed by atoms with E-state index in [9.17, 15) is 9.59 Å². The first-order valence-electron chi connectivity index (χ1n) is 7.40. The molecule has 0 fully saturated rings. The van der Waals surface area contributed by atoms with Gasteiger partial charge in [0.15, 0.2) is 0 Å². The van der Waals surface area contributed by atoms with E-state index in [0.29, 0.717) is 25.1 Å². The van der Waals surface area contributed by atoms with Crippen LogP contribution < -0.4 is 10.9 Å². The van der Waals surface area contributed by atoms with E-state index >= 15 is 0 Å². The number of rotatable bonds is 5. The number of anilines is 1. The molecule has 116 valence electrons. The van der Waals surface area contributed by atoms with Gasteiger partial charge in [-0.15, -0.1) is 0 Å². The van der Waals surface area contributed by atoms with Crippen molar-refractivity contribution in [2.75, 3.05) is 5.32 Å². The van der Waals surface area contributed by atoms with Crippen LogP contribution in [0.15, 0.2) is 59.7 Å². The first-order chi connectivity index (χ1) is 11.2. The van der Waals surface area contributed by atoms with E-state index in [1.165, 1.54) is 10.7 Å². The minimum Gasteiger partial charge on any atom is -0.324 e. The molecular formula is C17H16N4O2. The summed E-state index contributed by atoms with van der Waals surface area (Å²) in [6.45, 7) is 0.418. The molecule has 0 aliphatic heterocycles. The number of nitrogens with one attached hydrogen (secondary N) is 1. The third-order valence-corrected chi connectivity index (χ3v) is 3.47. The quantitative estimate of drug-likeness (QED) is 0.784. The van der Waals surface area contributed by atoms with Gasteiger partial charge in [-0.1, -0.05) is 18.2 Å². The first-order valence-corrected chi connectivity index (χ1v) is 7.40. The van der Waals surface area contributed by atoms with Gasteiger partial charge in [-0.3, -0.25) is 14.6 Å². The molecule has 3 rings (SSSR count). The van der Waals surface area contributed by atoms with Crippen molar-refractivity contribution in [3.8, 4) is 0 Å². The van der Waals surface area contributed by atoms with Gasteiger partial charge in [-0.05, 0) is 24.6 Å². The highest BCUT2D eigenvalue weighted by Gasteiger charge is 2.07. The zero-order valence-corrected chi connectivity index (χ0v) is 12.5. The third-order valence-electron chi connectivity index (χ3n) is 3.47. The molecule has 2 heterocycles. The fourth-order valence-corrected chi connectivity index (χ4v) is 2.36. The van der Waals surface area contributed by atoms with Crippen LogP contribution in [0.1, 0.15) is 12.8 Å². The van der Waals surface area contributed by atoms with Crippen molar-refractivity contribution in [2.24, 2.45) is 0 Å². The molecule has 0 saturated carbocycles. The van der Waals surface area contributed by atoms with E-state index in [2.05, 4.69) is 15.4 Å². The van der Waals surface area contributed by atoms with Crippen molar-refractivity contribution < 1.29 is 4.79 Å². The highest BCUT2D eigenvalue weighted by atomic mass is 16.1. The first kappa shape index (κ1) is 14.9. The monoisotopic (exact) mass is 308 g/mol. The number of para-hydroxylation sites is 1. The summed E-state index contributed by atoms with van der Waals surface area (Å²) in [6, 6.07) is 12.5. The highest BCUT2D eigenvalue weighted by molar-refractivity contribution is 6.00. The third kappa shape index (κ3) is 3.60. The van der Waals surface area contributed by atoms with Gasteiger partial charge in [0.25, 0.3) is 5.56 Å². The largest absolute Gasteiger partial charge is 0.324 e. The molecule has 0 aliphatic carbocycles. The van der Waals surface area contributed by atoms with Crippen molar-refractivity contribution in [1.29, 1.82) is 0 Å². The van der Waals surface area contributed by atoms with Crippen molar-refractivity contribution in [2.45, 2.75) is 19.4 Å².